The lowest BCUT2D eigenvalue weighted by Crippen LogP contribution is -2.62. The molecule has 1 fully saturated rings. The van der Waals surface area contributed by atoms with Crippen LogP contribution in [-0.4, -0.2) is 63.9 Å². The summed E-state index contributed by atoms with van der Waals surface area (Å²) in [5.41, 5.74) is 10.5. The Bertz CT molecular complexity index is 675. The van der Waals surface area contributed by atoms with Crippen molar-refractivity contribution in [3.8, 4) is 0 Å². The van der Waals surface area contributed by atoms with Crippen LogP contribution < -0.4 is 22.1 Å². The van der Waals surface area contributed by atoms with E-state index in [1.165, 1.54) is 14.0 Å². The van der Waals surface area contributed by atoms with Crippen molar-refractivity contribution in [3.05, 3.63) is 12.4 Å². The molecule has 1 aliphatic heterocycles. The maximum absolute atomic E-state index is 12.5. The van der Waals surface area contributed by atoms with Crippen LogP contribution in [0.3, 0.4) is 0 Å². The summed E-state index contributed by atoms with van der Waals surface area (Å²) in [6, 6.07) is -0.757. The fourth-order valence-electron chi connectivity index (χ4n) is 3.13. The van der Waals surface area contributed by atoms with Gasteiger partial charge in [-0.2, -0.15) is 0 Å². The second-order valence-electron chi connectivity index (χ2n) is 6.57. The first kappa shape index (κ1) is 19.7. The molecule has 1 saturated heterocycles. The average Bonchev–Trinajstić information content (AvgIpc) is 3.21. The number of anilines is 1. The molecule has 2 rings (SSSR count). The van der Waals surface area contributed by atoms with Crippen LogP contribution in [0, 0.1) is 0 Å². The summed E-state index contributed by atoms with van der Waals surface area (Å²) >= 11 is 0. The quantitative estimate of drug-likeness (QED) is 0.458. The largest absolute Gasteiger partial charge is 0.369 e. The summed E-state index contributed by atoms with van der Waals surface area (Å²) in [4.78, 5) is 41.9. The molecule has 1 aliphatic rings. The van der Waals surface area contributed by atoms with E-state index in [4.69, 9.17) is 11.5 Å². The number of aryl methyl sites for hydroxylation is 1. The summed E-state index contributed by atoms with van der Waals surface area (Å²) in [6.07, 6.45) is 4.80. The minimum atomic E-state index is -1.14. The molecule has 1 unspecified atom stereocenters. The number of rotatable bonds is 7. The number of amides is 3. The zero-order valence-electron chi connectivity index (χ0n) is 15.2. The highest BCUT2D eigenvalue weighted by molar-refractivity contribution is 5.94. The molecule has 1 aromatic rings. The van der Waals surface area contributed by atoms with Crippen LogP contribution in [0.25, 0.3) is 0 Å². The monoisotopic (exact) mass is 365 g/mol. The van der Waals surface area contributed by atoms with Crippen LogP contribution in [0.5, 0.6) is 0 Å². The molecule has 0 aliphatic carbocycles. The Morgan fingerprint density at radius 2 is 2.15 bits per heavy atom. The minimum absolute atomic E-state index is 0.132. The van der Waals surface area contributed by atoms with Crippen molar-refractivity contribution in [2.45, 2.75) is 44.3 Å². The number of hydrogen-bond donors (Lipinski definition) is 4. The Hall–Kier alpha value is -2.62. The molecule has 0 spiro atoms. The number of nitrogen functional groups attached to an aromatic ring is 1. The lowest BCUT2D eigenvalue weighted by molar-refractivity contribution is -0.134. The third-order valence-electron chi connectivity index (χ3n) is 4.74. The number of nitrogens with one attached hydrogen (secondary N) is 2. The predicted octanol–water partition coefficient (Wildman–Crippen LogP) is -1.57. The number of likely N-dealkylation sites (N-methyl/N-ethyl adjacent to an activating group) is 1. The number of nitrogens with two attached hydrogens (primary N) is 2. The van der Waals surface area contributed by atoms with E-state index in [0.29, 0.717) is 38.3 Å². The van der Waals surface area contributed by atoms with E-state index in [9.17, 15) is 14.4 Å². The summed E-state index contributed by atoms with van der Waals surface area (Å²) < 4.78 is 1.78. The van der Waals surface area contributed by atoms with Gasteiger partial charge in [-0.15, -0.1) is 0 Å². The number of carbonyl (C=O) groups is 3. The fourth-order valence-corrected chi connectivity index (χ4v) is 3.13. The van der Waals surface area contributed by atoms with Gasteiger partial charge in [0, 0.05) is 39.5 Å². The van der Waals surface area contributed by atoms with Gasteiger partial charge < -0.3 is 31.6 Å². The van der Waals surface area contributed by atoms with Gasteiger partial charge in [0.05, 0.1) is 12.6 Å². The van der Waals surface area contributed by atoms with Gasteiger partial charge in [0.1, 0.15) is 5.54 Å². The SMILES string of the molecule is CNC(=O)C1(NC(=O)[C@@H](N)CCCn2ccnc2N)CCN(C(C)=O)C1. The van der Waals surface area contributed by atoms with E-state index in [1.54, 1.807) is 21.9 Å². The van der Waals surface area contributed by atoms with Crippen molar-refractivity contribution < 1.29 is 14.4 Å². The average molecular weight is 365 g/mol. The van der Waals surface area contributed by atoms with E-state index in [-0.39, 0.29) is 18.4 Å². The first-order valence-electron chi connectivity index (χ1n) is 8.61. The number of nitrogens with zero attached hydrogens (tertiary/aromatic N) is 3. The molecule has 0 bridgehead atoms. The Labute approximate surface area is 152 Å². The van der Waals surface area contributed by atoms with E-state index in [0.717, 1.165) is 0 Å². The van der Waals surface area contributed by atoms with Gasteiger partial charge in [-0.05, 0) is 19.3 Å². The van der Waals surface area contributed by atoms with Gasteiger partial charge in [-0.3, -0.25) is 14.4 Å². The Balaban J connectivity index is 1.93. The Morgan fingerprint density at radius 1 is 1.42 bits per heavy atom. The molecular weight excluding hydrogens is 338 g/mol. The lowest BCUT2D eigenvalue weighted by atomic mass is 9.96. The van der Waals surface area contributed by atoms with Crippen LogP contribution in [0.15, 0.2) is 12.4 Å². The minimum Gasteiger partial charge on any atom is -0.369 e. The molecule has 2 heterocycles. The summed E-state index contributed by atoms with van der Waals surface area (Å²) in [5.74, 6) is -0.449. The standard InChI is InChI=1S/C16H27N7O3/c1-11(24)23-8-5-16(10-23,14(26)19-2)21-13(25)12(17)4-3-7-22-9-6-20-15(22)18/h6,9,12H,3-5,7-8,10,17H2,1-2H3,(H2,18,20)(H,19,26)(H,21,25)/t12-,16?/m0/s1. The first-order valence-corrected chi connectivity index (χ1v) is 8.61. The fraction of sp³-hybridized carbons (Fsp3) is 0.625. The van der Waals surface area contributed by atoms with Crippen molar-refractivity contribution >= 4 is 23.7 Å². The maximum Gasteiger partial charge on any atom is 0.247 e. The summed E-state index contributed by atoms with van der Waals surface area (Å²) in [6.45, 7) is 2.60. The van der Waals surface area contributed by atoms with Gasteiger partial charge in [-0.1, -0.05) is 0 Å². The van der Waals surface area contributed by atoms with E-state index < -0.39 is 17.5 Å². The molecule has 0 radical (unpaired) electrons. The van der Waals surface area contributed by atoms with E-state index in [1.807, 2.05) is 0 Å². The van der Waals surface area contributed by atoms with Crippen LogP contribution in [0.2, 0.25) is 0 Å². The van der Waals surface area contributed by atoms with Gasteiger partial charge in [0.2, 0.25) is 17.7 Å². The van der Waals surface area contributed by atoms with Crippen molar-refractivity contribution in [1.29, 1.82) is 0 Å². The molecule has 6 N–H and O–H groups in total. The van der Waals surface area contributed by atoms with Crippen LogP contribution in [0.1, 0.15) is 26.2 Å². The molecule has 10 heteroatoms. The highest BCUT2D eigenvalue weighted by atomic mass is 16.2. The van der Waals surface area contributed by atoms with Crippen molar-refractivity contribution in [3.63, 3.8) is 0 Å². The van der Waals surface area contributed by atoms with Crippen LogP contribution >= 0.6 is 0 Å². The second kappa shape index (κ2) is 8.17. The number of aromatic nitrogens is 2. The summed E-state index contributed by atoms with van der Waals surface area (Å²) in [7, 11) is 1.50. The third-order valence-corrected chi connectivity index (χ3v) is 4.74. The number of hydrogen-bond acceptors (Lipinski definition) is 6. The molecule has 0 saturated carbocycles. The van der Waals surface area contributed by atoms with Gasteiger partial charge >= 0.3 is 0 Å². The molecular formula is C16H27N7O3. The van der Waals surface area contributed by atoms with Gasteiger partial charge in [-0.25, -0.2) is 4.98 Å². The first-order chi connectivity index (χ1) is 12.3. The molecule has 1 aromatic heterocycles. The van der Waals surface area contributed by atoms with Crippen molar-refractivity contribution in [2.24, 2.45) is 5.73 Å². The molecule has 2 atom stereocenters. The number of carbonyl (C=O) groups excluding carboxylic acids is 3. The normalized spacial score (nSPS) is 20.7. The molecule has 26 heavy (non-hydrogen) atoms. The van der Waals surface area contributed by atoms with Crippen molar-refractivity contribution in [1.82, 2.24) is 25.1 Å². The smallest absolute Gasteiger partial charge is 0.247 e. The Kier molecular flexibility index (Phi) is 6.19. The highest BCUT2D eigenvalue weighted by Gasteiger charge is 2.46. The molecule has 3 amide bonds. The number of likely N-dealkylation sites (tertiary alicyclic amines) is 1. The van der Waals surface area contributed by atoms with E-state index >= 15 is 0 Å². The molecule has 10 nitrogen and oxygen atoms in total. The van der Waals surface area contributed by atoms with Crippen LogP contribution in [-0.2, 0) is 20.9 Å². The summed E-state index contributed by atoms with van der Waals surface area (Å²) in [5, 5.41) is 5.33. The van der Waals surface area contributed by atoms with E-state index in [2.05, 4.69) is 15.6 Å². The molecule has 0 aromatic carbocycles. The zero-order chi connectivity index (χ0) is 19.3. The molecule has 144 valence electrons. The zero-order valence-corrected chi connectivity index (χ0v) is 15.2. The Morgan fingerprint density at radius 3 is 2.69 bits per heavy atom. The van der Waals surface area contributed by atoms with Crippen molar-refractivity contribution in [2.75, 3.05) is 25.9 Å². The highest BCUT2D eigenvalue weighted by Crippen LogP contribution is 2.22. The second-order valence-corrected chi connectivity index (χ2v) is 6.57. The van der Waals surface area contributed by atoms with Gasteiger partial charge in [0.15, 0.2) is 5.95 Å². The maximum atomic E-state index is 12.5. The van der Waals surface area contributed by atoms with Crippen LogP contribution in [0.4, 0.5) is 5.95 Å². The van der Waals surface area contributed by atoms with Gasteiger partial charge in [0.25, 0.3) is 0 Å². The number of imidazole rings is 1. The topological polar surface area (TPSA) is 148 Å². The predicted molar refractivity (Wildman–Crippen MR) is 95.7 cm³/mol. The third kappa shape index (κ3) is 4.31. The lowest BCUT2D eigenvalue weighted by Gasteiger charge is -2.29.